The Bertz CT molecular complexity index is 741. The molecule has 0 spiro atoms. The van der Waals surface area contributed by atoms with Gasteiger partial charge in [-0.25, -0.2) is 0 Å². The fourth-order valence-corrected chi connectivity index (χ4v) is 2.07. The number of hydrogen-bond donors (Lipinski definition) is 1. The second kappa shape index (κ2) is 6.44. The molecule has 0 saturated carbocycles. The Hall–Kier alpha value is -2.29. The molecule has 0 aliphatic heterocycles. The molecule has 2 aromatic rings. The lowest BCUT2D eigenvalue weighted by Gasteiger charge is -2.09. The van der Waals surface area contributed by atoms with Gasteiger partial charge in [-0.1, -0.05) is 23.2 Å². The van der Waals surface area contributed by atoms with Crippen molar-refractivity contribution in [2.45, 2.75) is 6.54 Å². The second-order valence-electron chi connectivity index (χ2n) is 4.19. The lowest BCUT2D eigenvalue weighted by molar-refractivity contribution is -0.384. The Labute approximate surface area is 130 Å². The number of anilines is 1. The Kier molecular flexibility index (Phi) is 4.63. The highest BCUT2D eigenvalue weighted by Crippen LogP contribution is 2.24. The molecule has 0 aliphatic carbocycles. The van der Waals surface area contributed by atoms with E-state index in [0.717, 1.165) is 0 Å². The Balaban J connectivity index is 2.18. The summed E-state index contributed by atoms with van der Waals surface area (Å²) in [5, 5.41) is 23.5. The van der Waals surface area contributed by atoms with Crippen LogP contribution in [0.5, 0.6) is 0 Å². The summed E-state index contributed by atoms with van der Waals surface area (Å²) in [6.07, 6.45) is 0. The smallest absolute Gasteiger partial charge is 0.269 e. The van der Waals surface area contributed by atoms with Gasteiger partial charge >= 0.3 is 0 Å². The lowest BCUT2D eigenvalue weighted by atomic mass is 10.1. The van der Waals surface area contributed by atoms with Gasteiger partial charge in [-0.15, -0.1) is 0 Å². The molecule has 0 amide bonds. The molecule has 7 heteroatoms. The third-order valence-electron chi connectivity index (χ3n) is 2.81. The molecule has 2 aromatic carbocycles. The first-order valence-electron chi connectivity index (χ1n) is 5.87. The first-order chi connectivity index (χ1) is 10.0. The fraction of sp³-hybridized carbons (Fsp3) is 0.0714. The quantitative estimate of drug-likeness (QED) is 0.669. The number of nitriles is 1. The second-order valence-corrected chi connectivity index (χ2v) is 5.01. The molecule has 106 valence electrons. The predicted octanol–water partition coefficient (Wildman–Crippen LogP) is 4.39. The first kappa shape index (κ1) is 15.1. The van der Waals surface area contributed by atoms with Gasteiger partial charge in [0.2, 0.25) is 0 Å². The number of nitrogens with zero attached hydrogens (tertiary/aromatic N) is 2. The maximum Gasteiger partial charge on any atom is 0.269 e. The van der Waals surface area contributed by atoms with Gasteiger partial charge in [0.1, 0.15) is 6.07 Å². The van der Waals surface area contributed by atoms with Crippen molar-refractivity contribution in [3.8, 4) is 6.07 Å². The average Bonchev–Trinajstić information content (AvgIpc) is 2.47. The highest BCUT2D eigenvalue weighted by Gasteiger charge is 2.10. The third-order valence-corrected chi connectivity index (χ3v) is 3.51. The number of benzene rings is 2. The van der Waals surface area contributed by atoms with Crippen molar-refractivity contribution in [1.82, 2.24) is 0 Å². The van der Waals surface area contributed by atoms with Crippen molar-refractivity contribution in [2.75, 3.05) is 5.32 Å². The maximum absolute atomic E-state index is 10.8. The molecule has 0 radical (unpaired) electrons. The van der Waals surface area contributed by atoms with Crippen LogP contribution < -0.4 is 5.32 Å². The first-order valence-corrected chi connectivity index (χ1v) is 6.63. The molecule has 0 aromatic heterocycles. The summed E-state index contributed by atoms with van der Waals surface area (Å²) >= 11 is 11.9. The molecule has 5 nitrogen and oxygen atoms in total. The maximum atomic E-state index is 10.8. The van der Waals surface area contributed by atoms with E-state index in [4.69, 9.17) is 28.5 Å². The van der Waals surface area contributed by atoms with Crippen LogP contribution in [0.3, 0.4) is 0 Å². The molecule has 0 heterocycles. The summed E-state index contributed by atoms with van der Waals surface area (Å²) in [7, 11) is 0. The highest BCUT2D eigenvalue weighted by molar-refractivity contribution is 6.32. The van der Waals surface area contributed by atoms with E-state index < -0.39 is 4.92 Å². The highest BCUT2D eigenvalue weighted by atomic mass is 35.5. The molecule has 0 atom stereocenters. The predicted molar refractivity (Wildman–Crippen MR) is 81.6 cm³/mol. The largest absolute Gasteiger partial charge is 0.381 e. The summed E-state index contributed by atoms with van der Waals surface area (Å²) in [5.41, 5.74) is 1.61. The van der Waals surface area contributed by atoms with Crippen LogP contribution in [-0.4, -0.2) is 4.92 Å². The number of hydrogen-bond acceptors (Lipinski definition) is 4. The summed E-state index contributed by atoms with van der Waals surface area (Å²) < 4.78 is 0. The molecule has 0 saturated heterocycles. The van der Waals surface area contributed by atoms with Gasteiger partial charge in [0.15, 0.2) is 0 Å². The zero-order valence-corrected chi connectivity index (χ0v) is 12.1. The minimum atomic E-state index is -0.476. The Morgan fingerprint density at radius 2 is 1.90 bits per heavy atom. The van der Waals surface area contributed by atoms with E-state index >= 15 is 0 Å². The monoisotopic (exact) mass is 321 g/mol. The van der Waals surface area contributed by atoms with Gasteiger partial charge in [0, 0.05) is 29.4 Å². The van der Waals surface area contributed by atoms with Gasteiger partial charge in [0.25, 0.3) is 5.69 Å². The molecule has 0 unspecified atom stereocenters. The van der Waals surface area contributed by atoms with Gasteiger partial charge in [0.05, 0.1) is 15.5 Å². The SMILES string of the molecule is N#Cc1cc(NCc2cc([N+](=O)[O-])ccc2Cl)ccc1Cl. The van der Waals surface area contributed by atoms with E-state index in [1.807, 2.05) is 6.07 Å². The van der Waals surface area contributed by atoms with Crippen LogP contribution in [0.15, 0.2) is 36.4 Å². The molecular weight excluding hydrogens is 313 g/mol. The van der Waals surface area contributed by atoms with Gasteiger partial charge in [-0.05, 0) is 29.8 Å². The van der Waals surface area contributed by atoms with E-state index in [1.54, 1.807) is 18.2 Å². The van der Waals surface area contributed by atoms with Crippen LogP contribution in [0.4, 0.5) is 11.4 Å². The van der Waals surface area contributed by atoms with E-state index in [0.29, 0.717) is 33.4 Å². The summed E-state index contributed by atoms with van der Waals surface area (Å²) in [5.74, 6) is 0. The van der Waals surface area contributed by atoms with Crippen LogP contribution in [0.2, 0.25) is 10.0 Å². The normalized spacial score (nSPS) is 9.95. The number of non-ortho nitro benzene ring substituents is 1. The zero-order chi connectivity index (χ0) is 15.4. The number of rotatable bonds is 4. The van der Waals surface area contributed by atoms with Gasteiger partial charge in [-0.2, -0.15) is 5.26 Å². The molecule has 0 fully saturated rings. The van der Waals surface area contributed by atoms with Crippen LogP contribution in [-0.2, 0) is 6.54 Å². The lowest BCUT2D eigenvalue weighted by Crippen LogP contribution is -2.01. The molecule has 0 aliphatic rings. The number of halogens is 2. The van der Waals surface area contributed by atoms with E-state index in [-0.39, 0.29) is 5.69 Å². The van der Waals surface area contributed by atoms with E-state index in [9.17, 15) is 10.1 Å². The van der Waals surface area contributed by atoms with Crippen molar-refractivity contribution in [3.05, 3.63) is 67.7 Å². The van der Waals surface area contributed by atoms with Gasteiger partial charge in [-0.3, -0.25) is 10.1 Å². The molecule has 1 N–H and O–H groups in total. The molecular formula is C14H9Cl2N3O2. The molecule has 21 heavy (non-hydrogen) atoms. The van der Waals surface area contributed by atoms with Crippen LogP contribution in [0.25, 0.3) is 0 Å². The van der Waals surface area contributed by atoms with Crippen molar-refractivity contribution >= 4 is 34.6 Å². The third kappa shape index (κ3) is 3.63. The summed E-state index contributed by atoms with van der Waals surface area (Å²) in [4.78, 5) is 10.3. The Morgan fingerprint density at radius 1 is 1.19 bits per heavy atom. The zero-order valence-electron chi connectivity index (χ0n) is 10.6. The topological polar surface area (TPSA) is 79.0 Å². The van der Waals surface area contributed by atoms with Crippen LogP contribution in [0.1, 0.15) is 11.1 Å². The fourth-order valence-electron chi connectivity index (χ4n) is 1.73. The van der Waals surface area contributed by atoms with Gasteiger partial charge < -0.3 is 5.32 Å². The number of nitro benzene ring substituents is 1. The molecule has 2 rings (SSSR count). The summed E-state index contributed by atoms with van der Waals surface area (Å²) in [6.45, 7) is 0.299. The number of nitro groups is 1. The van der Waals surface area contributed by atoms with E-state index in [2.05, 4.69) is 5.32 Å². The van der Waals surface area contributed by atoms with Crippen molar-refractivity contribution in [2.24, 2.45) is 0 Å². The molecule has 0 bridgehead atoms. The van der Waals surface area contributed by atoms with E-state index in [1.165, 1.54) is 18.2 Å². The van der Waals surface area contributed by atoms with Crippen molar-refractivity contribution in [3.63, 3.8) is 0 Å². The summed E-state index contributed by atoms with van der Waals surface area (Å²) in [6, 6.07) is 11.2. The standard InChI is InChI=1S/C14H9Cl2N3O2/c15-13-3-1-11(5-9(13)7-17)18-8-10-6-12(19(20)21)2-4-14(10)16/h1-6,18H,8H2. The minimum absolute atomic E-state index is 0.0231. The average molecular weight is 322 g/mol. The minimum Gasteiger partial charge on any atom is -0.381 e. The van der Waals surface area contributed by atoms with Crippen molar-refractivity contribution < 1.29 is 4.92 Å². The van der Waals surface area contributed by atoms with Crippen LogP contribution >= 0.6 is 23.2 Å². The van der Waals surface area contributed by atoms with Crippen molar-refractivity contribution in [1.29, 1.82) is 5.26 Å². The number of nitrogens with one attached hydrogen (secondary N) is 1. The van der Waals surface area contributed by atoms with Crippen LogP contribution in [0, 0.1) is 21.4 Å². The Morgan fingerprint density at radius 3 is 2.57 bits per heavy atom.